The average molecular weight is 105 g/mol. The summed E-state index contributed by atoms with van der Waals surface area (Å²) in [5.41, 5.74) is 4.79. The molecule has 0 aromatic rings. The number of carboxylic acids is 1. The molecule has 0 saturated carbocycles. The Labute approximate surface area is 40.9 Å². The van der Waals surface area contributed by atoms with Crippen LogP contribution >= 0.6 is 0 Å². The molecule has 0 aliphatic rings. The normalized spacial score (nSPS) is 8.71. The van der Waals surface area contributed by atoms with Crippen LogP contribution < -0.4 is 5.73 Å². The zero-order valence-corrected chi connectivity index (χ0v) is 3.76. The van der Waals surface area contributed by atoms with Crippen molar-refractivity contribution in [1.82, 2.24) is 0 Å². The molecule has 42 valence electrons. The molecule has 0 saturated heterocycles. The summed E-state index contributed by atoms with van der Waals surface area (Å²) in [6.45, 7) is -0.344. The van der Waals surface area contributed by atoms with E-state index in [0.29, 0.717) is 0 Å². The van der Waals surface area contributed by atoms with Gasteiger partial charge in [0.2, 0.25) is 0 Å². The molecule has 0 radical (unpaired) electrons. The summed E-state index contributed by atoms with van der Waals surface area (Å²) in [6.07, 6.45) is 0. The summed E-state index contributed by atoms with van der Waals surface area (Å²) < 4.78 is 4.27. The third kappa shape index (κ3) is 5.39. The fourth-order valence-corrected chi connectivity index (χ4v) is 0.146. The number of carbonyl (C=O) groups is 1. The summed E-state index contributed by atoms with van der Waals surface area (Å²) in [7, 11) is 0. The molecule has 0 atom stereocenters. The third-order valence-corrected chi connectivity index (χ3v) is 0.343. The van der Waals surface area contributed by atoms with Gasteiger partial charge in [0.05, 0.1) is 6.73 Å². The summed E-state index contributed by atoms with van der Waals surface area (Å²) in [5.74, 6) is -0.995. The molecule has 4 heteroatoms. The minimum absolute atomic E-state index is 0.0354. The molecule has 0 unspecified atom stereocenters. The van der Waals surface area contributed by atoms with Gasteiger partial charge in [0.25, 0.3) is 0 Å². The Morgan fingerprint density at radius 2 is 2.43 bits per heavy atom. The number of nitrogens with two attached hydrogens (primary N) is 1. The number of rotatable bonds is 3. The molecule has 0 spiro atoms. The lowest BCUT2D eigenvalue weighted by Gasteiger charge is -1.90. The van der Waals surface area contributed by atoms with E-state index >= 15 is 0 Å². The molecule has 4 nitrogen and oxygen atoms in total. The van der Waals surface area contributed by atoms with Gasteiger partial charge in [-0.05, 0) is 0 Å². The number of hydrogen-bond acceptors (Lipinski definition) is 3. The van der Waals surface area contributed by atoms with Crippen molar-refractivity contribution in [2.75, 3.05) is 13.3 Å². The number of carboxylic acid groups (broad SMARTS) is 1. The Hall–Kier alpha value is -0.610. The van der Waals surface area contributed by atoms with Crippen molar-refractivity contribution in [1.29, 1.82) is 0 Å². The highest BCUT2D eigenvalue weighted by atomic mass is 16.5. The Kier molecular flexibility index (Phi) is 3.26. The molecule has 0 fully saturated rings. The molecule has 0 aliphatic heterocycles. The van der Waals surface area contributed by atoms with E-state index < -0.39 is 5.97 Å². The standard InChI is InChI=1S/C3H7NO3/c4-2-7-1-3(5)6/h1-2,4H2,(H,5,6). The molecule has 7 heavy (non-hydrogen) atoms. The van der Waals surface area contributed by atoms with E-state index in [-0.39, 0.29) is 13.3 Å². The summed E-state index contributed by atoms with van der Waals surface area (Å²) >= 11 is 0. The fraction of sp³-hybridized carbons (Fsp3) is 0.667. The van der Waals surface area contributed by atoms with Crippen molar-refractivity contribution >= 4 is 5.97 Å². The van der Waals surface area contributed by atoms with Crippen molar-refractivity contribution in [2.45, 2.75) is 0 Å². The van der Waals surface area contributed by atoms with Gasteiger partial charge in [-0.25, -0.2) is 4.79 Å². The number of aliphatic carboxylic acids is 1. The maximum atomic E-state index is 9.58. The van der Waals surface area contributed by atoms with E-state index in [0.717, 1.165) is 0 Å². The Bertz CT molecular complexity index is 63.2. The second-order valence-corrected chi connectivity index (χ2v) is 0.909. The van der Waals surface area contributed by atoms with E-state index in [1.807, 2.05) is 0 Å². The predicted octanol–water partition coefficient (Wildman–Crippen LogP) is -0.996. The first-order chi connectivity index (χ1) is 3.27. The van der Waals surface area contributed by atoms with Crippen LogP contribution in [-0.4, -0.2) is 24.4 Å². The topological polar surface area (TPSA) is 72.5 Å². The van der Waals surface area contributed by atoms with Crippen LogP contribution in [0.15, 0.2) is 0 Å². The zero-order valence-electron chi connectivity index (χ0n) is 3.76. The first-order valence-corrected chi connectivity index (χ1v) is 1.77. The van der Waals surface area contributed by atoms with Gasteiger partial charge in [-0.3, -0.25) is 0 Å². The van der Waals surface area contributed by atoms with Gasteiger partial charge < -0.3 is 15.6 Å². The highest BCUT2D eigenvalue weighted by molar-refractivity contribution is 5.67. The van der Waals surface area contributed by atoms with Crippen LogP contribution in [0.25, 0.3) is 0 Å². The van der Waals surface area contributed by atoms with E-state index in [2.05, 4.69) is 4.74 Å². The number of ether oxygens (including phenoxy) is 1. The van der Waals surface area contributed by atoms with Crippen molar-refractivity contribution in [3.63, 3.8) is 0 Å². The molecule has 0 aromatic carbocycles. The third-order valence-electron chi connectivity index (χ3n) is 0.343. The smallest absolute Gasteiger partial charge is 0.329 e. The maximum absolute atomic E-state index is 9.58. The van der Waals surface area contributed by atoms with Gasteiger partial charge in [-0.15, -0.1) is 0 Å². The van der Waals surface area contributed by atoms with Crippen LogP contribution in [0.1, 0.15) is 0 Å². The summed E-state index contributed by atoms with van der Waals surface area (Å²) in [6, 6.07) is 0. The minimum atomic E-state index is -0.995. The van der Waals surface area contributed by atoms with Gasteiger partial charge in [0.1, 0.15) is 6.61 Å². The highest BCUT2D eigenvalue weighted by Gasteiger charge is 1.90. The van der Waals surface area contributed by atoms with Crippen molar-refractivity contribution < 1.29 is 14.6 Å². The van der Waals surface area contributed by atoms with Crippen molar-refractivity contribution in [3.8, 4) is 0 Å². The molecular weight excluding hydrogens is 98.0 g/mol. The fourth-order valence-electron chi connectivity index (χ4n) is 0.146. The quantitative estimate of drug-likeness (QED) is 0.452. The van der Waals surface area contributed by atoms with E-state index in [1.54, 1.807) is 0 Å². The van der Waals surface area contributed by atoms with Crippen LogP contribution in [-0.2, 0) is 9.53 Å². The van der Waals surface area contributed by atoms with Gasteiger partial charge in [-0.2, -0.15) is 0 Å². The number of hydrogen-bond donors (Lipinski definition) is 2. The maximum Gasteiger partial charge on any atom is 0.329 e. The average Bonchev–Trinajstić information content (AvgIpc) is 1.61. The van der Waals surface area contributed by atoms with Crippen molar-refractivity contribution in [2.24, 2.45) is 5.73 Å². The van der Waals surface area contributed by atoms with Crippen LogP contribution in [0.5, 0.6) is 0 Å². The molecule has 0 aliphatic carbocycles. The van der Waals surface area contributed by atoms with Crippen LogP contribution in [0.4, 0.5) is 0 Å². The first-order valence-electron chi connectivity index (χ1n) is 1.77. The van der Waals surface area contributed by atoms with E-state index in [1.165, 1.54) is 0 Å². The SMILES string of the molecule is NCOCC(=O)O. The van der Waals surface area contributed by atoms with Gasteiger partial charge in [-0.1, -0.05) is 0 Å². The van der Waals surface area contributed by atoms with Gasteiger partial charge in [0, 0.05) is 0 Å². The Morgan fingerprint density at radius 3 is 2.57 bits per heavy atom. The summed E-state index contributed by atoms with van der Waals surface area (Å²) in [4.78, 5) is 9.58. The lowest BCUT2D eigenvalue weighted by molar-refractivity contribution is -0.142. The zero-order chi connectivity index (χ0) is 5.70. The second kappa shape index (κ2) is 3.58. The second-order valence-electron chi connectivity index (χ2n) is 0.909. The molecule has 0 amide bonds. The highest BCUT2D eigenvalue weighted by Crippen LogP contribution is 1.65. The van der Waals surface area contributed by atoms with E-state index in [9.17, 15) is 4.79 Å². The van der Waals surface area contributed by atoms with Crippen LogP contribution in [0.3, 0.4) is 0 Å². The summed E-state index contributed by atoms with van der Waals surface area (Å²) in [5, 5.41) is 7.86. The van der Waals surface area contributed by atoms with Crippen molar-refractivity contribution in [3.05, 3.63) is 0 Å². The molecular formula is C3H7NO3. The Morgan fingerprint density at radius 1 is 1.86 bits per heavy atom. The van der Waals surface area contributed by atoms with Gasteiger partial charge >= 0.3 is 5.97 Å². The molecule has 0 aromatic heterocycles. The van der Waals surface area contributed by atoms with Gasteiger partial charge in [0.15, 0.2) is 0 Å². The first kappa shape index (κ1) is 6.39. The lowest BCUT2D eigenvalue weighted by atomic mass is 10.7. The van der Waals surface area contributed by atoms with E-state index in [4.69, 9.17) is 10.8 Å². The van der Waals surface area contributed by atoms with Crippen LogP contribution in [0.2, 0.25) is 0 Å². The molecule has 0 heterocycles. The van der Waals surface area contributed by atoms with Crippen LogP contribution in [0, 0.1) is 0 Å². The molecule has 0 rings (SSSR count). The predicted molar refractivity (Wildman–Crippen MR) is 22.6 cm³/mol. The largest absolute Gasteiger partial charge is 0.480 e. The minimum Gasteiger partial charge on any atom is -0.480 e. The monoisotopic (exact) mass is 105 g/mol. The Balaban J connectivity index is 2.82. The molecule has 3 N–H and O–H groups in total. The lowest BCUT2D eigenvalue weighted by Crippen LogP contribution is -2.12. The molecule has 0 bridgehead atoms.